The van der Waals surface area contributed by atoms with E-state index in [1.807, 2.05) is 20.8 Å². The molecule has 0 saturated carbocycles. The molecule has 0 aromatic heterocycles. The summed E-state index contributed by atoms with van der Waals surface area (Å²) in [5, 5.41) is 0. The Balaban J connectivity index is 2.39. The molecule has 0 bridgehead atoms. The Bertz CT molecular complexity index is 393. The lowest BCUT2D eigenvalue weighted by molar-refractivity contribution is -0.184. The molecule has 1 amide bonds. The summed E-state index contributed by atoms with van der Waals surface area (Å²) in [6, 6.07) is 0.0211. The molecule has 2 rings (SSSR count). The average Bonchev–Trinajstić information content (AvgIpc) is 2.28. The fourth-order valence-corrected chi connectivity index (χ4v) is 2.24. The van der Waals surface area contributed by atoms with Crippen molar-refractivity contribution >= 4 is 11.7 Å². The molecule has 0 N–H and O–H groups in total. The molecule has 1 heterocycles. The lowest BCUT2D eigenvalue weighted by atomic mass is 9.97. The van der Waals surface area contributed by atoms with Crippen LogP contribution in [0.5, 0.6) is 0 Å². The van der Waals surface area contributed by atoms with Gasteiger partial charge < -0.3 is 9.64 Å². The third-order valence-electron chi connectivity index (χ3n) is 3.09. The number of ketones is 1. The van der Waals surface area contributed by atoms with Crippen LogP contribution >= 0.6 is 0 Å². The Kier molecular flexibility index (Phi) is 2.91. The number of nitrogens with zero attached hydrogens (tertiary/aromatic N) is 1. The standard InChI is InChI=1S/C13H17NO3/c1-9(2)14-12(16)10(3)8-17-13(14)6-4-11(15)5-7-13/h4-7,9-10H,8H2,1-3H3. The number of hydrogen-bond acceptors (Lipinski definition) is 3. The first-order chi connectivity index (χ1) is 7.96. The van der Waals surface area contributed by atoms with E-state index in [4.69, 9.17) is 4.74 Å². The summed E-state index contributed by atoms with van der Waals surface area (Å²) in [4.78, 5) is 25.1. The van der Waals surface area contributed by atoms with Crippen LogP contribution in [0, 0.1) is 5.92 Å². The number of amides is 1. The van der Waals surface area contributed by atoms with E-state index in [-0.39, 0.29) is 23.7 Å². The normalized spacial score (nSPS) is 27.3. The predicted octanol–water partition coefficient (Wildman–Crippen LogP) is 1.28. The summed E-state index contributed by atoms with van der Waals surface area (Å²) in [6.07, 6.45) is 6.25. The minimum atomic E-state index is -0.869. The largest absolute Gasteiger partial charge is 0.347 e. The third kappa shape index (κ3) is 1.93. The second-order valence-electron chi connectivity index (χ2n) is 4.83. The van der Waals surface area contributed by atoms with Crippen LogP contribution in [0.2, 0.25) is 0 Å². The number of rotatable bonds is 1. The van der Waals surface area contributed by atoms with Crippen molar-refractivity contribution in [2.75, 3.05) is 6.61 Å². The number of hydrogen-bond donors (Lipinski definition) is 0. The zero-order valence-electron chi connectivity index (χ0n) is 10.3. The first-order valence-corrected chi connectivity index (χ1v) is 5.86. The molecule has 1 spiro atoms. The highest BCUT2D eigenvalue weighted by molar-refractivity contribution is 6.00. The van der Waals surface area contributed by atoms with Crippen LogP contribution in [-0.2, 0) is 14.3 Å². The van der Waals surface area contributed by atoms with Crippen LogP contribution in [0.3, 0.4) is 0 Å². The summed E-state index contributed by atoms with van der Waals surface area (Å²) in [6.45, 7) is 6.12. The van der Waals surface area contributed by atoms with Gasteiger partial charge in [0, 0.05) is 6.04 Å². The smallest absolute Gasteiger partial charge is 0.230 e. The molecule has 1 fully saturated rings. The number of carbonyl (C=O) groups excluding carboxylic acids is 2. The van der Waals surface area contributed by atoms with Gasteiger partial charge >= 0.3 is 0 Å². The van der Waals surface area contributed by atoms with E-state index in [1.54, 1.807) is 17.1 Å². The monoisotopic (exact) mass is 235 g/mol. The van der Waals surface area contributed by atoms with Gasteiger partial charge in [0.1, 0.15) is 0 Å². The summed E-state index contributed by atoms with van der Waals surface area (Å²) >= 11 is 0. The summed E-state index contributed by atoms with van der Waals surface area (Å²) in [7, 11) is 0. The van der Waals surface area contributed by atoms with Crippen LogP contribution in [0.15, 0.2) is 24.3 Å². The average molecular weight is 235 g/mol. The molecule has 1 unspecified atom stereocenters. The molecule has 4 heteroatoms. The molecule has 1 aliphatic carbocycles. The van der Waals surface area contributed by atoms with Crippen molar-refractivity contribution in [2.45, 2.75) is 32.5 Å². The van der Waals surface area contributed by atoms with E-state index in [0.29, 0.717) is 6.61 Å². The van der Waals surface area contributed by atoms with Gasteiger partial charge in [0.25, 0.3) is 0 Å². The van der Waals surface area contributed by atoms with E-state index in [1.165, 1.54) is 12.2 Å². The van der Waals surface area contributed by atoms with Crippen molar-refractivity contribution in [1.82, 2.24) is 4.90 Å². The fraction of sp³-hybridized carbons (Fsp3) is 0.538. The van der Waals surface area contributed by atoms with Gasteiger partial charge in [-0.1, -0.05) is 6.92 Å². The van der Waals surface area contributed by atoms with Crippen molar-refractivity contribution in [2.24, 2.45) is 5.92 Å². The van der Waals surface area contributed by atoms with Crippen LogP contribution in [0.25, 0.3) is 0 Å². The highest BCUT2D eigenvalue weighted by Gasteiger charge is 2.45. The molecule has 92 valence electrons. The van der Waals surface area contributed by atoms with Gasteiger partial charge in [0.05, 0.1) is 12.5 Å². The molecule has 1 atom stereocenters. The van der Waals surface area contributed by atoms with E-state index < -0.39 is 5.72 Å². The second kappa shape index (κ2) is 4.11. The molecule has 1 aliphatic heterocycles. The van der Waals surface area contributed by atoms with Crippen LogP contribution < -0.4 is 0 Å². The van der Waals surface area contributed by atoms with Crippen molar-refractivity contribution in [3.63, 3.8) is 0 Å². The highest BCUT2D eigenvalue weighted by Crippen LogP contribution is 2.32. The molecule has 0 aromatic carbocycles. The Morgan fingerprint density at radius 3 is 2.47 bits per heavy atom. The lowest BCUT2D eigenvalue weighted by Gasteiger charge is -2.47. The quantitative estimate of drug-likeness (QED) is 0.688. The Morgan fingerprint density at radius 2 is 1.94 bits per heavy atom. The van der Waals surface area contributed by atoms with Crippen LogP contribution in [0.4, 0.5) is 0 Å². The van der Waals surface area contributed by atoms with E-state index in [0.717, 1.165) is 0 Å². The molecule has 2 aliphatic rings. The van der Waals surface area contributed by atoms with Crippen molar-refractivity contribution in [3.8, 4) is 0 Å². The van der Waals surface area contributed by atoms with E-state index in [9.17, 15) is 9.59 Å². The molecule has 0 radical (unpaired) electrons. The fourth-order valence-electron chi connectivity index (χ4n) is 2.24. The summed E-state index contributed by atoms with van der Waals surface area (Å²) in [5.41, 5.74) is -0.869. The van der Waals surface area contributed by atoms with Gasteiger partial charge in [-0.25, -0.2) is 0 Å². The Morgan fingerprint density at radius 1 is 1.35 bits per heavy atom. The predicted molar refractivity (Wildman–Crippen MR) is 63.1 cm³/mol. The van der Waals surface area contributed by atoms with Crippen LogP contribution in [-0.4, -0.2) is 35.0 Å². The van der Waals surface area contributed by atoms with Gasteiger partial charge in [-0.15, -0.1) is 0 Å². The van der Waals surface area contributed by atoms with Gasteiger partial charge in [-0.05, 0) is 38.2 Å². The highest BCUT2D eigenvalue weighted by atomic mass is 16.5. The third-order valence-corrected chi connectivity index (χ3v) is 3.09. The summed E-state index contributed by atoms with van der Waals surface area (Å²) in [5.74, 6) is -0.147. The Labute approximate surface area is 101 Å². The van der Waals surface area contributed by atoms with Gasteiger partial charge in [-0.2, -0.15) is 0 Å². The molecule has 4 nitrogen and oxygen atoms in total. The Hall–Kier alpha value is -1.42. The molecular formula is C13H17NO3. The second-order valence-corrected chi connectivity index (χ2v) is 4.83. The molecular weight excluding hydrogens is 218 g/mol. The van der Waals surface area contributed by atoms with Gasteiger partial charge in [-0.3, -0.25) is 9.59 Å². The lowest BCUT2D eigenvalue weighted by Crippen LogP contribution is -2.61. The molecule has 0 aromatic rings. The number of ether oxygens (including phenoxy) is 1. The number of allylic oxidation sites excluding steroid dienone is 2. The first kappa shape index (κ1) is 12.0. The molecule has 1 saturated heterocycles. The van der Waals surface area contributed by atoms with Crippen molar-refractivity contribution < 1.29 is 14.3 Å². The minimum Gasteiger partial charge on any atom is -0.347 e. The first-order valence-electron chi connectivity index (χ1n) is 5.86. The minimum absolute atomic E-state index is 0.0211. The topological polar surface area (TPSA) is 46.6 Å². The maximum Gasteiger partial charge on any atom is 0.230 e. The van der Waals surface area contributed by atoms with E-state index in [2.05, 4.69) is 0 Å². The van der Waals surface area contributed by atoms with Crippen molar-refractivity contribution in [3.05, 3.63) is 24.3 Å². The maximum atomic E-state index is 12.2. The van der Waals surface area contributed by atoms with Gasteiger partial charge in [0.2, 0.25) is 5.91 Å². The molecule has 17 heavy (non-hydrogen) atoms. The maximum absolute atomic E-state index is 12.2. The zero-order valence-corrected chi connectivity index (χ0v) is 10.3. The van der Waals surface area contributed by atoms with Crippen molar-refractivity contribution in [1.29, 1.82) is 0 Å². The van der Waals surface area contributed by atoms with Gasteiger partial charge in [0.15, 0.2) is 11.5 Å². The van der Waals surface area contributed by atoms with Crippen LogP contribution in [0.1, 0.15) is 20.8 Å². The zero-order chi connectivity index (χ0) is 12.6. The SMILES string of the molecule is CC1COC2(C=CC(=O)C=C2)N(C(C)C)C1=O. The number of carbonyl (C=O) groups is 2. The summed E-state index contributed by atoms with van der Waals surface area (Å²) < 4.78 is 5.79. The van der Waals surface area contributed by atoms with E-state index >= 15 is 0 Å².